The molecule has 0 spiro atoms. The number of carbonyl (C=O) groups is 1. The van der Waals surface area contributed by atoms with Gasteiger partial charge in [-0.1, -0.05) is 6.07 Å². The van der Waals surface area contributed by atoms with Gasteiger partial charge in [0.1, 0.15) is 5.82 Å². The fourth-order valence-corrected chi connectivity index (χ4v) is 1.96. The first-order chi connectivity index (χ1) is 8.27. The number of halogens is 1. The van der Waals surface area contributed by atoms with E-state index in [0.717, 1.165) is 6.07 Å². The Morgan fingerprint density at radius 1 is 1.28 bits per heavy atom. The highest BCUT2D eigenvalue weighted by molar-refractivity contribution is 6.22. The molecular formula is C13H16FN3O. The van der Waals surface area contributed by atoms with Crippen LogP contribution in [-0.4, -0.2) is 11.6 Å². The molecule has 96 valence electrons. The Hall–Kier alpha value is -2.17. The van der Waals surface area contributed by atoms with E-state index in [1.807, 2.05) is 0 Å². The summed E-state index contributed by atoms with van der Waals surface area (Å²) in [5.41, 5.74) is 12.9. The van der Waals surface area contributed by atoms with Gasteiger partial charge in [0.2, 0.25) is 0 Å². The summed E-state index contributed by atoms with van der Waals surface area (Å²) in [5.74, 6) is -1.50. The quantitative estimate of drug-likeness (QED) is 0.714. The van der Waals surface area contributed by atoms with Crippen LogP contribution in [0.4, 0.5) is 4.39 Å². The Morgan fingerprint density at radius 2 is 1.83 bits per heavy atom. The second kappa shape index (κ2) is 5.00. The molecule has 0 aliphatic heterocycles. The molecule has 1 aromatic rings. The number of hydrogen-bond acceptors (Lipinski definition) is 3. The first kappa shape index (κ1) is 13.9. The van der Waals surface area contributed by atoms with Gasteiger partial charge in [-0.05, 0) is 38.0 Å². The van der Waals surface area contributed by atoms with Crippen molar-refractivity contribution >= 4 is 17.2 Å². The van der Waals surface area contributed by atoms with E-state index >= 15 is 0 Å². The normalized spacial score (nSPS) is 12.0. The van der Waals surface area contributed by atoms with E-state index < -0.39 is 11.7 Å². The van der Waals surface area contributed by atoms with Gasteiger partial charge in [-0.25, -0.2) is 4.39 Å². The van der Waals surface area contributed by atoms with Crippen molar-refractivity contribution in [2.75, 3.05) is 0 Å². The van der Waals surface area contributed by atoms with Crippen molar-refractivity contribution in [2.24, 2.45) is 11.5 Å². The highest BCUT2D eigenvalue weighted by Crippen LogP contribution is 2.25. The van der Waals surface area contributed by atoms with Crippen LogP contribution in [0.15, 0.2) is 17.8 Å². The van der Waals surface area contributed by atoms with Crippen LogP contribution in [0.25, 0.3) is 5.57 Å². The third-order valence-corrected chi connectivity index (χ3v) is 2.70. The predicted octanol–water partition coefficient (Wildman–Crippen LogP) is 1.96. The summed E-state index contributed by atoms with van der Waals surface area (Å²) in [6.45, 7) is 4.82. The van der Waals surface area contributed by atoms with Crippen molar-refractivity contribution in [3.05, 3.63) is 40.3 Å². The van der Waals surface area contributed by atoms with Crippen LogP contribution in [0.3, 0.4) is 0 Å². The maximum atomic E-state index is 13.5. The van der Waals surface area contributed by atoms with Gasteiger partial charge in [-0.3, -0.25) is 4.79 Å². The summed E-state index contributed by atoms with van der Waals surface area (Å²) in [4.78, 5) is 11.2. The van der Waals surface area contributed by atoms with Crippen LogP contribution in [0.5, 0.6) is 0 Å². The number of hydrogen-bond donors (Lipinski definition) is 3. The highest BCUT2D eigenvalue weighted by Gasteiger charge is 2.18. The fourth-order valence-electron chi connectivity index (χ4n) is 1.96. The molecule has 5 heteroatoms. The third kappa shape index (κ3) is 2.40. The van der Waals surface area contributed by atoms with Crippen molar-refractivity contribution < 1.29 is 9.18 Å². The molecule has 0 unspecified atom stereocenters. The van der Waals surface area contributed by atoms with Crippen molar-refractivity contribution in [2.45, 2.75) is 20.8 Å². The Labute approximate surface area is 105 Å². The summed E-state index contributed by atoms with van der Waals surface area (Å²) in [6.07, 6.45) is 0. The average Bonchev–Trinajstić information content (AvgIpc) is 2.20. The number of primary amides is 1. The lowest BCUT2D eigenvalue weighted by atomic mass is 9.92. The largest absolute Gasteiger partial charge is 0.402 e. The maximum Gasteiger partial charge on any atom is 0.251 e. The van der Waals surface area contributed by atoms with Crippen molar-refractivity contribution in [1.29, 1.82) is 5.41 Å². The van der Waals surface area contributed by atoms with E-state index in [-0.39, 0.29) is 11.3 Å². The number of allylic oxidation sites excluding steroid dienone is 2. The van der Waals surface area contributed by atoms with Crippen LogP contribution < -0.4 is 11.5 Å². The van der Waals surface area contributed by atoms with Gasteiger partial charge < -0.3 is 16.9 Å². The summed E-state index contributed by atoms with van der Waals surface area (Å²) in [5, 5.41) is 7.70. The fraction of sp³-hybridized carbons (Fsp3) is 0.231. The lowest BCUT2D eigenvalue weighted by molar-refractivity contribution is 0.0996. The minimum atomic E-state index is -0.830. The van der Waals surface area contributed by atoms with Gasteiger partial charge in [0.25, 0.3) is 5.91 Å². The Balaban J connectivity index is 3.64. The van der Waals surface area contributed by atoms with Crippen molar-refractivity contribution in [1.82, 2.24) is 0 Å². The molecule has 5 N–H and O–H groups in total. The highest BCUT2D eigenvalue weighted by atomic mass is 19.1. The van der Waals surface area contributed by atoms with E-state index in [1.165, 1.54) is 6.07 Å². The van der Waals surface area contributed by atoms with E-state index in [9.17, 15) is 9.18 Å². The molecule has 0 saturated heterocycles. The van der Waals surface area contributed by atoms with Crippen molar-refractivity contribution in [3.8, 4) is 0 Å². The van der Waals surface area contributed by atoms with E-state index in [1.54, 1.807) is 20.8 Å². The van der Waals surface area contributed by atoms with Crippen LogP contribution in [-0.2, 0) is 0 Å². The molecule has 0 atom stereocenters. The van der Waals surface area contributed by atoms with Gasteiger partial charge in [0, 0.05) is 17.0 Å². The summed E-state index contributed by atoms with van der Waals surface area (Å²) in [7, 11) is 0. The summed E-state index contributed by atoms with van der Waals surface area (Å²) in [6, 6.07) is 2.66. The van der Waals surface area contributed by atoms with Gasteiger partial charge in [-0.15, -0.1) is 0 Å². The van der Waals surface area contributed by atoms with E-state index in [0.29, 0.717) is 22.4 Å². The predicted molar refractivity (Wildman–Crippen MR) is 69.8 cm³/mol. The molecule has 0 heterocycles. The summed E-state index contributed by atoms with van der Waals surface area (Å²) < 4.78 is 13.5. The molecule has 0 bridgehead atoms. The molecule has 0 aliphatic carbocycles. The number of carbonyl (C=O) groups excluding carboxylic acids is 1. The number of nitrogens with two attached hydrogens (primary N) is 2. The first-order valence-electron chi connectivity index (χ1n) is 5.38. The first-order valence-corrected chi connectivity index (χ1v) is 5.38. The van der Waals surface area contributed by atoms with Crippen molar-refractivity contribution in [3.63, 3.8) is 0 Å². The number of nitrogens with one attached hydrogen (secondary N) is 1. The zero-order valence-electron chi connectivity index (χ0n) is 10.6. The zero-order chi connectivity index (χ0) is 14.0. The van der Waals surface area contributed by atoms with Crippen LogP contribution in [0, 0.1) is 18.2 Å². The Bertz CT molecular complexity index is 558. The maximum absolute atomic E-state index is 13.5. The average molecular weight is 249 g/mol. The lowest BCUT2D eigenvalue weighted by Crippen LogP contribution is -2.17. The van der Waals surface area contributed by atoms with Gasteiger partial charge >= 0.3 is 0 Å². The monoisotopic (exact) mass is 249 g/mol. The second-order valence-corrected chi connectivity index (χ2v) is 4.14. The number of rotatable bonds is 3. The van der Waals surface area contributed by atoms with E-state index in [4.69, 9.17) is 16.9 Å². The van der Waals surface area contributed by atoms with Gasteiger partial charge in [0.15, 0.2) is 0 Å². The van der Waals surface area contributed by atoms with Gasteiger partial charge in [-0.2, -0.15) is 0 Å². The minimum Gasteiger partial charge on any atom is -0.402 e. The molecule has 1 rings (SSSR count). The molecule has 0 aromatic heterocycles. The second-order valence-electron chi connectivity index (χ2n) is 4.14. The minimum absolute atomic E-state index is 0.160. The van der Waals surface area contributed by atoms with Crippen LogP contribution >= 0.6 is 0 Å². The zero-order valence-corrected chi connectivity index (χ0v) is 10.6. The molecule has 0 fully saturated rings. The number of benzene rings is 1. The lowest BCUT2D eigenvalue weighted by Gasteiger charge is -2.14. The van der Waals surface area contributed by atoms with Gasteiger partial charge in [0.05, 0.1) is 5.56 Å². The molecule has 1 aromatic carbocycles. The Morgan fingerprint density at radius 3 is 2.22 bits per heavy atom. The summed E-state index contributed by atoms with van der Waals surface area (Å²) >= 11 is 0. The SMILES string of the molecule is CC(=N)/C(=C(/C)N)c1ccc(F)c(C(N)=O)c1C. The molecule has 0 radical (unpaired) electrons. The molecule has 0 aliphatic rings. The molecule has 4 nitrogen and oxygen atoms in total. The standard InChI is InChI=1S/C13H16FN3O/c1-6-9(12(7(2)15)8(3)16)4-5-10(14)11(6)13(17)18/h4-5,15H,16H2,1-3H3,(H2,17,18)/b12-8+,15-7?. The molecular weight excluding hydrogens is 233 g/mol. The third-order valence-electron chi connectivity index (χ3n) is 2.70. The van der Waals surface area contributed by atoms with Crippen LogP contribution in [0.1, 0.15) is 35.3 Å². The molecule has 0 saturated carbocycles. The smallest absolute Gasteiger partial charge is 0.251 e. The molecule has 1 amide bonds. The van der Waals surface area contributed by atoms with Crippen LogP contribution in [0.2, 0.25) is 0 Å². The molecule has 18 heavy (non-hydrogen) atoms. The van der Waals surface area contributed by atoms with E-state index in [2.05, 4.69) is 0 Å². The topological polar surface area (TPSA) is 93.0 Å². The number of amides is 1. The Kier molecular flexibility index (Phi) is 3.86.